The first-order valence-corrected chi connectivity index (χ1v) is 10.6. The summed E-state index contributed by atoms with van der Waals surface area (Å²) in [7, 11) is 5.98. The van der Waals surface area contributed by atoms with E-state index in [0.29, 0.717) is 39.8 Å². The standard InChI is InChI=1S/C25H24N4O7/c1-33-15-7-5-14(6-8-15)29-24(27-28-25(29)23(26)32)17-11-16(18(30)12-19(17)31)13-9-20(34-2)22(36-4)21(10-13)35-3/h5-12,30-31H,1-4H3,(H2,26,32). The lowest BCUT2D eigenvalue weighted by Crippen LogP contribution is -2.17. The van der Waals surface area contributed by atoms with Crippen LogP contribution in [-0.4, -0.2) is 59.3 Å². The minimum Gasteiger partial charge on any atom is -0.507 e. The Kier molecular flexibility index (Phi) is 6.55. The molecule has 0 atom stereocenters. The lowest BCUT2D eigenvalue weighted by atomic mass is 9.99. The zero-order chi connectivity index (χ0) is 26.0. The summed E-state index contributed by atoms with van der Waals surface area (Å²) in [5.41, 5.74) is 7.07. The van der Waals surface area contributed by atoms with Gasteiger partial charge in [0.05, 0.1) is 34.0 Å². The fourth-order valence-corrected chi connectivity index (χ4v) is 3.82. The predicted molar refractivity (Wildman–Crippen MR) is 130 cm³/mol. The number of nitrogens with two attached hydrogens (primary N) is 1. The number of aromatic nitrogens is 3. The van der Waals surface area contributed by atoms with Gasteiger partial charge in [-0.15, -0.1) is 10.2 Å². The van der Waals surface area contributed by atoms with Gasteiger partial charge in [-0.3, -0.25) is 9.36 Å². The summed E-state index contributed by atoms with van der Waals surface area (Å²) < 4.78 is 22.8. The maximum absolute atomic E-state index is 12.1. The molecule has 4 aromatic rings. The Morgan fingerprint density at radius 2 is 1.42 bits per heavy atom. The van der Waals surface area contributed by atoms with Crippen LogP contribution in [0.3, 0.4) is 0 Å². The van der Waals surface area contributed by atoms with Gasteiger partial charge in [-0.1, -0.05) is 0 Å². The van der Waals surface area contributed by atoms with E-state index < -0.39 is 5.91 Å². The van der Waals surface area contributed by atoms with Crippen molar-refractivity contribution in [2.24, 2.45) is 5.73 Å². The van der Waals surface area contributed by atoms with Gasteiger partial charge in [0.1, 0.15) is 17.2 Å². The SMILES string of the molecule is COc1ccc(-n2c(C(N)=O)nnc2-c2cc(-c3cc(OC)c(OC)c(OC)c3)c(O)cc2O)cc1. The highest BCUT2D eigenvalue weighted by Crippen LogP contribution is 2.45. The molecule has 0 unspecified atom stereocenters. The van der Waals surface area contributed by atoms with Crippen molar-refractivity contribution >= 4 is 5.91 Å². The number of hydrogen-bond donors (Lipinski definition) is 3. The number of phenols is 2. The molecule has 0 aliphatic carbocycles. The average Bonchev–Trinajstić information content (AvgIpc) is 3.33. The molecule has 0 spiro atoms. The maximum atomic E-state index is 12.1. The number of ether oxygens (including phenoxy) is 4. The summed E-state index contributed by atoms with van der Waals surface area (Å²) in [6.07, 6.45) is 0. The Morgan fingerprint density at radius 3 is 1.94 bits per heavy atom. The Bertz CT molecular complexity index is 1410. The summed E-state index contributed by atoms with van der Waals surface area (Å²) in [6.45, 7) is 0. The molecule has 0 saturated carbocycles. The van der Waals surface area contributed by atoms with Gasteiger partial charge in [0, 0.05) is 17.3 Å². The number of aromatic hydroxyl groups is 2. The van der Waals surface area contributed by atoms with Crippen molar-refractivity contribution in [3.05, 3.63) is 54.4 Å². The summed E-state index contributed by atoms with van der Waals surface area (Å²) >= 11 is 0. The molecule has 11 heteroatoms. The fraction of sp³-hybridized carbons (Fsp3) is 0.160. The molecular weight excluding hydrogens is 468 g/mol. The van der Waals surface area contributed by atoms with Crippen LogP contribution in [0.15, 0.2) is 48.5 Å². The number of rotatable bonds is 8. The largest absolute Gasteiger partial charge is 0.507 e. The number of phenolic OH excluding ortho intramolecular Hbond substituents is 2. The van der Waals surface area contributed by atoms with Crippen molar-refractivity contribution < 1.29 is 34.0 Å². The fourth-order valence-electron chi connectivity index (χ4n) is 3.82. The minimum absolute atomic E-state index is 0.125. The van der Waals surface area contributed by atoms with E-state index in [2.05, 4.69) is 10.2 Å². The molecule has 3 aromatic carbocycles. The first-order chi connectivity index (χ1) is 17.3. The highest BCUT2D eigenvalue weighted by Gasteiger charge is 2.24. The van der Waals surface area contributed by atoms with Crippen LogP contribution in [0.25, 0.3) is 28.2 Å². The van der Waals surface area contributed by atoms with Crippen LogP contribution in [0.5, 0.6) is 34.5 Å². The van der Waals surface area contributed by atoms with Crippen LogP contribution >= 0.6 is 0 Å². The van der Waals surface area contributed by atoms with Crippen molar-refractivity contribution in [3.63, 3.8) is 0 Å². The molecule has 1 heterocycles. The summed E-state index contributed by atoms with van der Waals surface area (Å²) in [5.74, 6) is 0.401. The first kappa shape index (κ1) is 24.2. The number of carbonyl (C=O) groups excluding carboxylic acids is 1. The van der Waals surface area contributed by atoms with Crippen molar-refractivity contribution in [3.8, 4) is 62.7 Å². The van der Waals surface area contributed by atoms with Crippen LogP contribution < -0.4 is 24.7 Å². The molecule has 0 saturated heterocycles. The van der Waals surface area contributed by atoms with E-state index in [1.165, 1.54) is 45.1 Å². The predicted octanol–water partition coefficient (Wildman–Crippen LogP) is 3.15. The van der Waals surface area contributed by atoms with E-state index in [9.17, 15) is 15.0 Å². The molecule has 0 bridgehead atoms. The van der Waals surface area contributed by atoms with Crippen LogP contribution in [-0.2, 0) is 0 Å². The molecule has 0 aliphatic rings. The van der Waals surface area contributed by atoms with E-state index >= 15 is 0 Å². The van der Waals surface area contributed by atoms with Gasteiger partial charge in [-0.05, 0) is 48.0 Å². The smallest absolute Gasteiger partial charge is 0.287 e. The molecule has 11 nitrogen and oxygen atoms in total. The molecule has 4 rings (SSSR count). The zero-order valence-corrected chi connectivity index (χ0v) is 20.0. The Labute approximate surface area is 206 Å². The maximum Gasteiger partial charge on any atom is 0.287 e. The van der Waals surface area contributed by atoms with E-state index in [0.717, 1.165) is 0 Å². The third-order valence-corrected chi connectivity index (χ3v) is 5.54. The lowest BCUT2D eigenvalue weighted by Gasteiger charge is -2.16. The van der Waals surface area contributed by atoms with Crippen molar-refractivity contribution in [2.45, 2.75) is 0 Å². The normalized spacial score (nSPS) is 10.7. The van der Waals surface area contributed by atoms with E-state index in [4.69, 9.17) is 24.7 Å². The Balaban J connectivity index is 1.94. The first-order valence-electron chi connectivity index (χ1n) is 10.6. The third-order valence-electron chi connectivity index (χ3n) is 5.54. The van der Waals surface area contributed by atoms with Crippen molar-refractivity contribution in [1.82, 2.24) is 14.8 Å². The van der Waals surface area contributed by atoms with Crippen LogP contribution in [0.2, 0.25) is 0 Å². The molecule has 1 aromatic heterocycles. The highest BCUT2D eigenvalue weighted by molar-refractivity contribution is 5.91. The second kappa shape index (κ2) is 9.74. The summed E-state index contributed by atoms with van der Waals surface area (Å²) in [6, 6.07) is 12.8. The van der Waals surface area contributed by atoms with E-state index in [-0.39, 0.29) is 28.7 Å². The average molecular weight is 492 g/mol. The quantitative estimate of drug-likeness (QED) is 0.337. The minimum atomic E-state index is -0.812. The second-order valence-electron chi connectivity index (χ2n) is 7.55. The van der Waals surface area contributed by atoms with Gasteiger partial charge in [-0.25, -0.2) is 0 Å². The molecular formula is C25H24N4O7. The number of nitrogens with zero attached hydrogens (tertiary/aromatic N) is 3. The summed E-state index contributed by atoms with van der Waals surface area (Å²) in [4.78, 5) is 12.1. The number of hydrogen-bond acceptors (Lipinski definition) is 9. The van der Waals surface area contributed by atoms with Gasteiger partial charge in [0.2, 0.25) is 11.6 Å². The molecule has 0 aliphatic heterocycles. The van der Waals surface area contributed by atoms with Gasteiger partial charge in [0.25, 0.3) is 5.91 Å². The lowest BCUT2D eigenvalue weighted by molar-refractivity contribution is 0.0988. The summed E-state index contributed by atoms with van der Waals surface area (Å²) in [5, 5.41) is 29.5. The second-order valence-corrected chi connectivity index (χ2v) is 7.55. The van der Waals surface area contributed by atoms with Crippen LogP contribution in [0, 0.1) is 0 Å². The third kappa shape index (κ3) is 4.17. The molecule has 1 amide bonds. The topological polar surface area (TPSA) is 151 Å². The van der Waals surface area contributed by atoms with Gasteiger partial charge in [0.15, 0.2) is 17.3 Å². The number of amides is 1. The monoisotopic (exact) mass is 492 g/mol. The molecule has 0 fully saturated rings. The number of methoxy groups -OCH3 is 4. The van der Waals surface area contributed by atoms with Crippen molar-refractivity contribution in [2.75, 3.05) is 28.4 Å². The number of benzene rings is 3. The Morgan fingerprint density at radius 1 is 0.806 bits per heavy atom. The van der Waals surface area contributed by atoms with Crippen molar-refractivity contribution in [1.29, 1.82) is 0 Å². The molecule has 0 radical (unpaired) electrons. The van der Waals surface area contributed by atoms with Gasteiger partial charge < -0.3 is 34.9 Å². The number of primary amides is 1. The van der Waals surface area contributed by atoms with Crippen LogP contribution in [0.1, 0.15) is 10.6 Å². The zero-order valence-electron chi connectivity index (χ0n) is 20.0. The molecule has 36 heavy (non-hydrogen) atoms. The Hall–Kier alpha value is -4.93. The van der Waals surface area contributed by atoms with Crippen LogP contribution in [0.4, 0.5) is 0 Å². The number of carbonyl (C=O) groups is 1. The van der Waals surface area contributed by atoms with Gasteiger partial charge >= 0.3 is 0 Å². The molecule has 186 valence electrons. The van der Waals surface area contributed by atoms with E-state index in [1.54, 1.807) is 36.4 Å². The van der Waals surface area contributed by atoms with E-state index in [1.807, 2.05) is 0 Å². The molecule has 4 N–H and O–H groups in total. The van der Waals surface area contributed by atoms with Gasteiger partial charge in [-0.2, -0.15) is 0 Å². The highest BCUT2D eigenvalue weighted by atomic mass is 16.5.